The zero-order chi connectivity index (χ0) is 13.1. The zero-order valence-corrected chi connectivity index (χ0v) is 9.66. The van der Waals surface area contributed by atoms with Crippen LogP contribution in [0.3, 0.4) is 0 Å². The summed E-state index contributed by atoms with van der Waals surface area (Å²) in [6.45, 7) is 0.448. The van der Waals surface area contributed by atoms with Crippen molar-refractivity contribution in [3.63, 3.8) is 0 Å². The van der Waals surface area contributed by atoms with E-state index in [1.54, 1.807) is 12.1 Å². The molecule has 0 amide bonds. The van der Waals surface area contributed by atoms with Crippen molar-refractivity contribution in [2.75, 3.05) is 6.54 Å². The highest BCUT2D eigenvalue weighted by atomic mass is 19.1. The van der Waals surface area contributed by atoms with Gasteiger partial charge in [0.05, 0.1) is 0 Å². The molecule has 2 rings (SSSR count). The standard InChI is InChI=1S/C14H13F2NO/c15-13-4-1-9(5-6-17)7-12(13)11-3-2-10(18)8-14(11)16/h1-4,7-8,18H,5-6,17H2. The van der Waals surface area contributed by atoms with Crippen molar-refractivity contribution in [3.05, 3.63) is 53.6 Å². The topological polar surface area (TPSA) is 46.2 Å². The van der Waals surface area contributed by atoms with Crippen LogP contribution in [0.1, 0.15) is 5.56 Å². The van der Waals surface area contributed by atoms with Gasteiger partial charge in [-0.15, -0.1) is 0 Å². The van der Waals surface area contributed by atoms with Crippen molar-refractivity contribution in [3.8, 4) is 16.9 Å². The molecule has 0 saturated heterocycles. The third-order valence-electron chi connectivity index (χ3n) is 2.71. The SMILES string of the molecule is NCCc1ccc(F)c(-c2ccc(O)cc2F)c1. The quantitative estimate of drug-likeness (QED) is 0.878. The molecule has 0 radical (unpaired) electrons. The summed E-state index contributed by atoms with van der Waals surface area (Å²) in [5, 5.41) is 9.14. The summed E-state index contributed by atoms with van der Waals surface area (Å²) >= 11 is 0. The predicted molar refractivity (Wildman–Crippen MR) is 66.2 cm³/mol. The second kappa shape index (κ2) is 5.14. The molecule has 0 bridgehead atoms. The van der Waals surface area contributed by atoms with E-state index in [2.05, 4.69) is 0 Å². The van der Waals surface area contributed by atoms with E-state index >= 15 is 0 Å². The van der Waals surface area contributed by atoms with Gasteiger partial charge < -0.3 is 10.8 Å². The molecule has 2 aromatic rings. The molecule has 0 spiro atoms. The minimum atomic E-state index is -0.654. The molecule has 94 valence electrons. The Morgan fingerprint density at radius 2 is 1.72 bits per heavy atom. The first kappa shape index (κ1) is 12.5. The summed E-state index contributed by atoms with van der Waals surface area (Å²) in [6, 6.07) is 8.15. The highest BCUT2D eigenvalue weighted by Gasteiger charge is 2.11. The fourth-order valence-electron chi connectivity index (χ4n) is 1.82. The highest BCUT2D eigenvalue weighted by molar-refractivity contribution is 5.66. The molecule has 3 N–H and O–H groups in total. The first-order chi connectivity index (χ1) is 8.61. The molecule has 0 aliphatic carbocycles. The van der Waals surface area contributed by atoms with E-state index in [1.807, 2.05) is 0 Å². The van der Waals surface area contributed by atoms with E-state index < -0.39 is 11.6 Å². The third kappa shape index (κ3) is 2.49. The number of phenolic OH excluding ortho intramolecular Hbond substituents is 1. The summed E-state index contributed by atoms with van der Waals surface area (Å²) < 4.78 is 27.4. The number of nitrogens with two attached hydrogens (primary N) is 1. The fraction of sp³-hybridized carbons (Fsp3) is 0.143. The lowest BCUT2D eigenvalue weighted by Gasteiger charge is -2.08. The van der Waals surface area contributed by atoms with Crippen LogP contribution in [0.2, 0.25) is 0 Å². The van der Waals surface area contributed by atoms with Crippen molar-refractivity contribution >= 4 is 0 Å². The Labute approximate surface area is 104 Å². The van der Waals surface area contributed by atoms with Gasteiger partial charge in [-0.3, -0.25) is 0 Å². The number of halogens is 2. The van der Waals surface area contributed by atoms with Crippen LogP contribution in [-0.2, 0) is 6.42 Å². The fourth-order valence-corrected chi connectivity index (χ4v) is 1.82. The first-order valence-corrected chi connectivity index (χ1v) is 5.59. The third-order valence-corrected chi connectivity index (χ3v) is 2.71. The van der Waals surface area contributed by atoms with Gasteiger partial charge in [0.25, 0.3) is 0 Å². The maximum absolute atomic E-state index is 13.7. The maximum Gasteiger partial charge on any atom is 0.134 e. The van der Waals surface area contributed by atoms with Crippen molar-refractivity contribution < 1.29 is 13.9 Å². The van der Waals surface area contributed by atoms with E-state index in [-0.39, 0.29) is 16.9 Å². The van der Waals surface area contributed by atoms with E-state index in [1.165, 1.54) is 18.2 Å². The van der Waals surface area contributed by atoms with Crippen LogP contribution in [0, 0.1) is 11.6 Å². The van der Waals surface area contributed by atoms with Gasteiger partial charge in [0.2, 0.25) is 0 Å². The van der Waals surface area contributed by atoms with Crippen molar-refractivity contribution in [1.82, 2.24) is 0 Å². The molecule has 0 aromatic heterocycles. The van der Waals surface area contributed by atoms with Gasteiger partial charge >= 0.3 is 0 Å². The summed E-state index contributed by atoms with van der Waals surface area (Å²) in [5.74, 6) is -1.34. The Bertz CT molecular complexity index is 570. The van der Waals surface area contributed by atoms with E-state index in [9.17, 15) is 8.78 Å². The van der Waals surface area contributed by atoms with Gasteiger partial charge in [-0.05, 0) is 42.8 Å². The summed E-state index contributed by atoms with van der Waals surface area (Å²) in [6.07, 6.45) is 0.604. The van der Waals surface area contributed by atoms with Gasteiger partial charge in [-0.1, -0.05) is 6.07 Å². The molecule has 0 saturated carbocycles. The molecule has 0 aliphatic heterocycles. The molecule has 0 aliphatic rings. The average Bonchev–Trinajstić information content (AvgIpc) is 2.33. The first-order valence-electron chi connectivity index (χ1n) is 5.59. The van der Waals surface area contributed by atoms with Crippen molar-refractivity contribution in [2.45, 2.75) is 6.42 Å². The van der Waals surface area contributed by atoms with Crippen molar-refractivity contribution in [1.29, 1.82) is 0 Å². The highest BCUT2D eigenvalue weighted by Crippen LogP contribution is 2.28. The van der Waals surface area contributed by atoms with Gasteiger partial charge in [0, 0.05) is 17.2 Å². The van der Waals surface area contributed by atoms with Crippen LogP contribution in [0.15, 0.2) is 36.4 Å². The van der Waals surface area contributed by atoms with E-state index in [0.29, 0.717) is 13.0 Å². The molecule has 0 heterocycles. The molecule has 0 fully saturated rings. The summed E-state index contributed by atoms with van der Waals surface area (Å²) in [7, 11) is 0. The van der Waals surface area contributed by atoms with E-state index in [0.717, 1.165) is 11.6 Å². The molecule has 18 heavy (non-hydrogen) atoms. The largest absolute Gasteiger partial charge is 0.508 e. The number of hydrogen-bond acceptors (Lipinski definition) is 2. The Balaban J connectivity index is 2.51. The lowest BCUT2D eigenvalue weighted by Crippen LogP contribution is -2.03. The van der Waals surface area contributed by atoms with Gasteiger partial charge in [-0.25, -0.2) is 8.78 Å². The molecular weight excluding hydrogens is 236 g/mol. The molecule has 2 aromatic carbocycles. The lowest BCUT2D eigenvalue weighted by atomic mass is 10.0. The molecular formula is C14H13F2NO. The van der Waals surface area contributed by atoms with Crippen LogP contribution >= 0.6 is 0 Å². The lowest BCUT2D eigenvalue weighted by molar-refractivity contribution is 0.469. The molecule has 0 unspecified atom stereocenters. The maximum atomic E-state index is 13.7. The second-order valence-electron chi connectivity index (χ2n) is 4.02. The normalized spacial score (nSPS) is 10.6. The number of benzene rings is 2. The predicted octanol–water partition coefficient (Wildman–Crippen LogP) is 2.84. The van der Waals surface area contributed by atoms with Crippen LogP contribution in [-0.4, -0.2) is 11.7 Å². The van der Waals surface area contributed by atoms with Gasteiger partial charge in [0.15, 0.2) is 0 Å². The van der Waals surface area contributed by atoms with Gasteiger partial charge in [0.1, 0.15) is 17.4 Å². The Kier molecular flexibility index (Phi) is 3.58. The minimum Gasteiger partial charge on any atom is -0.508 e. The molecule has 4 heteroatoms. The van der Waals surface area contributed by atoms with E-state index in [4.69, 9.17) is 10.8 Å². The van der Waals surface area contributed by atoms with Crippen LogP contribution in [0.5, 0.6) is 5.75 Å². The minimum absolute atomic E-state index is 0.129. The van der Waals surface area contributed by atoms with Crippen molar-refractivity contribution in [2.24, 2.45) is 5.73 Å². The number of aromatic hydroxyl groups is 1. The summed E-state index contributed by atoms with van der Waals surface area (Å²) in [5.41, 5.74) is 6.59. The zero-order valence-electron chi connectivity index (χ0n) is 9.66. The Hall–Kier alpha value is -1.94. The number of hydrogen-bond donors (Lipinski definition) is 2. The van der Waals surface area contributed by atoms with Crippen LogP contribution < -0.4 is 5.73 Å². The Morgan fingerprint density at radius 3 is 2.39 bits per heavy atom. The number of phenols is 1. The number of rotatable bonds is 3. The second-order valence-corrected chi connectivity index (χ2v) is 4.02. The van der Waals surface area contributed by atoms with Gasteiger partial charge in [-0.2, -0.15) is 0 Å². The van der Waals surface area contributed by atoms with Crippen LogP contribution in [0.25, 0.3) is 11.1 Å². The molecule has 2 nitrogen and oxygen atoms in total. The smallest absolute Gasteiger partial charge is 0.134 e. The Morgan fingerprint density at radius 1 is 0.944 bits per heavy atom. The monoisotopic (exact) mass is 249 g/mol. The summed E-state index contributed by atoms with van der Waals surface area (Å²) in [4.78, 5) is 0. The van der Waals surface area contributed by atoms with Crippen LogP contribution in [0.4, 0.5) is 8.78 Å². The molecule has 0 atom stereocenters. The average molecular weight is 249 g/mol.